The lowest BCUT2D eigenvalue weighted by molar-refractivity contribution is -0.141. The summed E-state index contributed by atoms with van der Waals surface area (Å²) in [5.74, 6) is 0.140. The van der Waals surface area contributed by atoms with Gasteiger partial charge in [-0.25, -0.2) is 0 Å². The van der Waals surface area contributed by atoms with E-state index in [0.717, 1.165) is 24.8 Å². The van der Waals surface area contributed by atoms with Crippen molar-refractivity contribution in [3.8, 4) is 0 Å². The van der Waals surface area contributed by atoms with Gasteiger partial charge in [-0.1, -0.05) is 31.2 Å². The molecule has 1 aromatic carbocycles. The van der Waals surface area contributed by atoms with Crippen LogP contribution in [0.2, 0.25) is 0 Å². The van der Waals surface area contributed by atoms with E-state index in [4.69, 9.17) is 4.74 Å². The first kappa shape index (κ1) is 18.7. The van der Waals surface area contributed by atoms with Gasteiger partial charge >= 0.3 is 0 Å². The van der Waals surface area contributed by atoms with E-state index in [1.165, 1.54) is 16.7 Å². The molecular formula is C21H31NO2. The summed E-state index contributed by atoms with van der Waals surface area (Å²) in [6.45, 7) is 12.3. The fraction of sp³-hybridized carbons (Fsp3) is 0.571. The second-order valence-electron chi connectivity index (χ2n) is 7.36. The van der Waals surface area contributed by atoms with E-state index in [1.807, 2.05) is 11.8 Å². The van der Waals surface area contributed by atoms with Crippen molar-refractivity contribution < 1.29 is 9.53 Å². The second-order valence-corrected chi connectivity index (χ2v) is 7.36. The molecule has 0 spiro atoms. The lowest BCUT2D eigenvalue weighted by Crippen LogP contribution is -2.55. The second kappa shape index (κ2) is 7.98. The maximum Gasteiger partial charge on any atom is 0.249 e. The van der Waals surface area contributed by atoms with Gasteiger partial charge < -0.3 is 9.64 Å². The number of carbonyl (C=O) groups excluding carboxylic acids is 1. The molecule has 1 aromatic rings. The monoisotopic (exact) mass is 329 g/mol. The zero-order valence-electron chi connectivity index (χ0n) is 15.8. The van der Waals surface area contributed by atoms with Crippen molar-refractivity contribution in [1.82, 2.24) is 4.90 Å². The Morgan fingerprint density at radius 1 is 1.38 bits per heavy atom. The van der Waals surface area contributed by atoms with Gasteiger partial charge in [-0.2, -0.15) is 0 Å². The van der Waals surface area contributed by atoms with E-state index in [-0.39, 0.29) is 11.4 Å². The van der Waals surface area contributed by atoms with Crippen LogP contribution in [0.5, 0.6) is 0 Å². The molecule has 0 atom stereocenters. The van der Waals surface area contributed by atoms with Crippen molar-refractivity contribution in [1.29, 1.82) is 0 Å². The Kier molecular flexibility index (Phi) is 6.22. The number of carbonyl (C=O) groups is 1. The first-order valence-electron chi connectivity index (χ1n) is 9.00. The maximum atomic E-state index is 12.7. The normalized spacial score (nSPS) is 17.9. The van der Waals surface area contributed by atoms with Gasteiger partial charge in [0, 0.05) is 12.1 Å². The zero-order chi connectivity index (χ0) is 17.7. The van der Waals surface area contributed by atoms with Crippen LogP contribution in [0.25, 0.3) is 0 Å². The Balaban J connectivity index is 1.97. The molecule has 1 aliphatic rings. The smallest absolute Gasteiger partial charge is 0.249 e. The maximum absolute atomic E-state index is 12.7. The number of benzene rings is 1. The van der Waals surface area contributed by atoms with Gasteiger partial charge in [-0.3, -0.25) is 4.79 Å². The van der Waals surface area contributed by atoms with E-state index in [1.54, 1.807) is 0 Å². The number of rotatable bonds is 5. The first-order chi connectivity index (χ1) is 11.3. The Morgan fingerprint density at radius 3 is 2.79 bits per heavy atom. The van der Waals surface area contributed by atoms with Crippen LogP contribution < -0.4 is 0 Å². The highest BCUT2D eigenvalue weighted by atomic mass is 16.5. The fourth-order valence-electron chi connectivity index (χ4n) is 3.25. The van der Waals surface area contributed by atoms with Crippen LogP contribution in [0.15, 0.2) is 29.8 Å². The predicted octanol–water partition coefficient (Wildman–Crippen LogP) is 4.07. The van der Waals surface area contributed by atoms with E-state index >= 15 is 0 Å². The average Bonchev–Trinajstić information content (AvgIpc) is 2.55. The average molecular weight is 329 g/mol. The van der Waals surface area contributed by atoms with Crippen LogP contribution >= 0.6 is 0 Å². The lowest BCUT2D eigenvalue weighted by Gasteiger charge is -2.42. The lowest BCUT2D eigenvalue weighted by atomic mass is 9.99. The summed E-state index contributed by atoms with van der Waals surface area (Å²) < 4.78 is 5.50. The number of hydrogen-bond donors (Lipinski definition) is 0. The third-order valence-electron chi connectivity index (χ3n) is 4.91. The topological polar surface area (TPSA) is 29.5 Å². The SMILES string of the molecule is CCc1cc(CC/C=C(/C)C(=O)N2CCOCC2(C)C)ccc1C. The number of nitrogens with zero attached hydrogens (tertiary/aromatic N) is 1. The Bertz CT molecular complexity index is 616. The molecule has 0 unspecified atom stereocenters. The van der Waals surface area contributed by atoms with Crippen molar-refractivity contribution in [3.63, 3.8) is 0 Å². The summed E-state index contributed by atoms with van der Waals surface area (Å²) in [5.41, 5.74) is 4.74. The zero-order valence-corrected chi connectivity index (χ0v) is 15.8. The first-order valence-corrected chi connectivity index (χ1v) is 9.00. The van der Waals surface area contributed by atoms with Gasteiger partial charge in [-0.15, -0.1) is 0 Å². The molecule has 0 radical (unpaired) electrons. The fourth-order valence-corrected chi connectivity index (χ4v) is 3.25. The molecule has 24 heavy (non-hydrogen) atoms. The third kappa shape index (κ3) is 4.47. The van der Waals surface area contributed by atoms with Crippen LogP contribution in [-0.2, 0) is 22.4 Å². The van der Waals surface area contributed by atoms with Gasteiger partial charge in [-0.05, 0) is 63.6 Å². The molecule has 1 fully saturated rings. The highest BCUT2D eigenvalue weighted by Gasteiger charge is 2.34. The summed E-state index contributed by atoms with van der Waals surface area (Å²) in [4.78, 5) is 14.7. The minimum absolute atomic E-state index is 0.140. The predicted molar refractivity (Wildman–Crippen MR) is 99.2 cm³/mol. The Morgan fingerprint density at radius 2 is 2.12 bits per heavy atom. The molecule has 0 aliphatic carbocycles. The summed E-state index contributed by atoms with van der Waals surface area (Å²) in [6.07, 6.45) is 5.03. The molecule has 132 valence electrons. The van der Waals surface area contributed by atoms with Gasteiger partial charge in [0.1, 0.15) is 0 Å². The van der Waals surface area contributed by atoms with Crippen molar-refractivity contribution in [2.75, 3.05) is 19.8 Å². The number of aryl methyl sites for hydroxylation is 3. The molecule has 2 rings (SSSR count). The summed E-state index contributed by atoms with van der Waals surface area (Å²) in [7, 11) is 0. The van der Waals surface area contributed by atoms with E-state index < -0.39 is 0 Å². The summed E-state index contributed by atoms with van der Waals surface area (Å²) in [6, 6.07) is 6.70. The molecule has 0 bridgehead atoms. The van der Waals surface area contributed by atoms with Crippen LogP contribution in [0.1, 0.15) is 50.8 Å². The van der Waals surface area contributed by atoms with E-state index in [2.05, 4.69) is 52.0 Å². The van der Waals surface area contributed by atoms with Crippen LogP contribution in [0.3, 0.4) is 0 Å². The number of allylic oxidation sites excluding steroid dienone is 1. The van der Waals surface area contributed by atoms with Crippen LogP contribution in [0.4, 0.5) is 0 Å². The van der Waals surface area contributed by atoms with Gasteiger partial charge in [0.05, 0.1) is 18.8 Å². The summed E-state index contributed by atoms with van der Waals surface area (Å²) >= 11 is 0. The number of ether oxygens (including phenoxy) is 1. The molecule has 1 saturated heterocycles. The number of morpholine rings is 1. The quantitative estimate of drug-likeness (QED) is 0.762. The highest BCUT2D eigenvalue weighted by molar-refractivity contribution is 5.93. The molecule has 1 heterocycles. The number of hydrogen-bond acceptors (Lipinski definition) is 2. The van der Waals surface area contributed by atoms with Crippen molar-refractivity contribution in [2.24, 2.45) is 0 Å². The van der Waals surface area contributed by atoms with Crippen molar-refractivity contribution >= 4 is 5.91 Å². The molecule has 1 amide bonds. The standard InChI is InChI=1S/C21H31NO2/c1-6-19-14-18(11-10-16(19)2)9-7-8-17(3)20(23)22-12-13-24-15-21(22,4)5/h8,10-11,14H,6-7,9,12-13,15H2,1-5H3/b17-8-. The van der Waals surface area contributed by atoms with Gasteiger partial charge in [0.25, 0.3) is 0 Å². The van der Waals surface area contributed by atoms with Crippen molar-refractivity contribution in [2.45, 2.75) is 59.4 Å². The minimum Gasteiger partial charge on any atom is -0.377 e. The highest BCUT2D eigenvalue weighted by Crippen LogP contribution is 2.21. The van der Waals surface area contributed by atoms with E-state index in [9.17, 15) is 4.79 Å². The largest absolute Gasteiger partial charge is 0.377 e. The molecule has 3 heteroatoms. The third-order valence-corrected chi connectivity index (χ3v) is 4.91. The van der Waals surface area contributed by atoms with Gasteiger partial charge in [0.15, 0.2) is 0 Å². The molecule has 0 aromatic heterocycles. The Labute approximate surface area is 146 Å². The van der Waals surface area contributed by atoms with Gasteiger partial charge in [0.2, 0.25) is 5.91 Å². The Hall–Kier alpha value is -1.61. The summed E-state index contributed by atoms with van der Waals surface area (Å²) in [5, 5.41) is 0. The molecule has 0 saturated carbocycles. The molecule has 3 nitrogen and oxygen atoms in total. The number of amides is 1. The van der Waals surface area contributed by atoms with Crippen LogP contribution in [0, 0.1) is 6.92 Å². The van der Waals surface area contributed by atoms with Crippen LogP contribution in [-0.4, -0.2) is 36.1 Å². The molecule has 0 N–H and O–H groups in total. The molecular weight excluding hydrogens is 298 g/mol. The molecule has 1 aliphatic heterocycles. The van der Waals surface area contributed by atoms with Crippen molar-refractivity contribution in [3.05, 3.63) is 46.5 Å². The van der Waals surface area contributed by atoms with E-state index in [0.29, 0.717) is 19.8 Å². The minimum atomic E-state index is -0.225.